The van der Waals surface area contributed by atoms with Crippen LogP contribution in [-0.4, -0.2) is 65.4 Å². The largest absolute Gasteiger partial charge is 0.373 e. The molecule has 0 aliphatic carbocycles. The van der Waals surface area contributed by atoms with Gasteiger partial charge in [0, 0.05) is 42.9 Å². The van der Waals surface area contributed by atoms with Crippen molar-refractivity contribution >= 4 is 28.3 Å². The molecule has 8 heteroatoms. The van der Waals surface area contributed by atoms with Gasteiger partial charge in [-0.05, 0) is 50.9 Å². The molecule has 1 fully saturated rings. The minimum atomic E-state index is -0.170. The fourth-order valence-electron chi connectivity index (χ4n) is 4.00. The highest BCUT2D eigenvalue weighted by Gasteiger charge is 2.29. The Balaban J connectivity index is 1.61. The topological polar surface area (TPSA) is 74.8 Å². The fraction of sp³-hybridized carbons (Fsp3) is 0.522. The smallest absolute Gasteiger partial charge is 0.257 e. The van der Waals surface area contributed by atoms with Crippen molar-refractivity contribution in [2.75, 3.05) is 38.1 Å². The number of hydrogen-bond acceptors (Lipinski definition) is 6. The zero-order chi connectivity index (χ0) is 22.2. The normalized spacial score (nSPS) is 18.7. The molecule has 0 radical (unpaired) electrons. The molecule has 2 aromatic rings. The molecule has 0 unspecified atom stereocenters. The van der Waals surface area contributed by atoms with Gasteiger partial charge in [0.05, 0.1) is 12.6 Å². The molecule has 1 aliphatic heterocycles. The van der Waals surface area contributed by atoms with Crippen LogP contribution in [0.3, 0.4) is 0 Å². The molecule has 1 saturated heterocycles. The molecule has 0 saturated carbocycles. The predicted molar refractivity (Wildman–Crippen MR) is 123 cm³/mol. The molecule has 168 valence electrons. The Labute approximate surface area is 188 Å². The van der Waals surface area contributed by atoms with E-state index < -0.39 is 0 Å². The number of thiazole rings is 1. The van der Waals surface area contributed by atoms with Crippen LogP contribution in [0.25, 0.3) is 0 Å². The number of benzene rings is 1. The molecule has 1 aromatic carbocycles. The van der Waals surface area contributed by atoms with Gasteiger partial charge in [0.2, 0.25) is 5.91 Å². The highest BCUT2D eigenvalue weighted by molar-refractivity contribution is 7.13. The summed E-state index contributed by atoms with van der Waals surface area (Å²) in [7, 11) is 0. The van der Waals surface area contributed by atoms with E-state index >= 15 is 0 Å². The first-order valence-corrected chi connectivity index (χ1v) is 11.9. The minimum Gasteiger partial charge on any atom is -0.373 e. The van der Waals surface area contributed by atoms with E-state index in [1.165, 1.54) is 11.3 Å². The molecular formula is C23H32N4O3S. The Morgan fingerprint density at radius 1 is 1.16 bits per heavy atom. The Morgan fingerprint density at radius 3 is 2.52 bits per heavy atom. The van der Waals surface area contributed by atoms with Crippen LogP contribution in [0, 0.1) is 0 Å². The summed E-state index contributed by atoms with van der Waals surface area (Å²) in [6.07, 6.45) is 3.39. The van der Waals surface area contributed by atoms with Crippen LogP contribution in [0.4, 0.5) is 5.13 Å². The van der Waals surface area contributed by atoms with E-state index in [2.05, 4.69) is 22.1 Å². The standard InChI is InChI=1S/C23H32N4O3S/c1-4-26(5-2)21(28)16-27(6-3)19-11-13-30-20(15-19)17-7-9-18(10-8-17)22(29)25-23-24-12-14-31-23/h7-10,12,14,19-20H,4-6,11,13,15-16H2,1-3H3,(H,24,25,29)/t19-,20+/m1/s1. The number of carbonyl (C=O) groups is 2. The number of likely N-dealkylation sites (N-methyl/N-ethyl adjacent to an activating group) is 2. The summed E-state index contributed by atoms with van der Waals surface area (Å²) in [4.78, 5) is 33.2. The maximum Gasteiger partial charge on any atom is 0.257 e. The second-order valence-corrected chi connectivity index (χ2v) is 8.47. The Bertz CT molecular complexity index is 837. The lowest BCUT2D eigenvalue weighted by molar-refractivity contribution is -0.133. The van der Waals surface area contributed by atoms with Crippen LogP contribution in [0.15, 0.2) is 35.8 Å². The highest BCUT2D eigenvalue weighted by atomic mass is 32.1. The Kier molecular flexibility index (Phi) is 8.57. The summed E-state index contributed by atoms with van der Waals surface area (Å²) in [6.45, 7) is 9.57. The first-order valence-electron chi connectivity index (χ1n) is 11.0. The number of nitrogens with one attached hydrogen (secondary N) is 1. The van der Waals surface area contributed by atoms with E-state index in [0.717, 1.165) is 38.0 Å². The third kappa shape index (κ3) is 6.12. The average Bonchev–Trinajstić information content (AvgIpc) is 3.31. The van der Waals surface area contributed by atoms with Crippen LogP contribution in [0.1, 0.15) is 55.6 Å². The van der Waals surface area contributed by atoms with Gasteiger partial charge in [-0.3, -0.25) is 19.8 Å². The lowest BCUT2D eigenvalue weighted by Crippen LogP contribution is -2.46. The predicted octanol–water partition coefficient (Wildman–Crippen LogP) is 3.81. The van der Waals surface area contributed by atoms with Crippen molar-refractivity contribution in [1.29, 1.82) is 0 Å². The van der Waals surface area contributed by atoms with E-state index in [9.17, 15) is 9.59 Å². The fourth-order valence-corrected chi connectivity index (χ4v) is 4.52. The van der Waals surface area contributed by atoms with E-state index in [4.69, 9.17) is 4.74 Å². The molecule has 31 heavy (non-hydrogen) atoms. The number of anilines is 1. The molecule has 1 aliphatic rings. The molecule has 0 spiro atoms. The van der Waals surface area contributed by atoms with Gasteiger partial charge in [0.25, 0.3) is 5.91 Å². The van der Waals surface area contributed by atoms with Crippen molar-refractivity contribution < 1.29 is 14.3 Å². The molecule has 2 heterocycles. The zero-order valence-electron chi connectivity index (χ0n) is 18.5. The van der Waals surface area contributed by atoms with Crippen molar-refractivity contribution in [3.8, 4) is 0 Å². The molecule has 1 aromatic heterocycles. The van der Waals surface area contributed by atoms with Crippen LogP contribution in [-0.2, 0) is 9.53 Å². The monoisotopic (exact) mass is 444 g/mol. The number of aromatic nitrogens is 1. The highest BCUT2D eigenvalue weighted by Crippen LogP contribution is 2.31. The summed E-state index contributed by atoms with van der Waals surface area (Å²) in [5, 5.41) is 5.21. The zero-order valence-corrected chi connectivity index (χ0v) is 19.4. The summed E-state index contributed by atoms with van der Waals surface area (Å²) in [6, 6.07) is 7.87. The van der Waals surface area contributed by atoms with Gasteiger partial charge >= 0.3 is 0 Å². The number of nitrogens with zero attached hydrogens (tertiary/aromatic N) is 3. The number of ether oxygens (including phenoxy) is 1. The van der Waals surface area contributed by atoms with Crippen molar-refractivity contribution in [3.05, 3.63) is 47.0 Å². The van der Waals surface area contributed by atoms with E-state index in [1.807, 2.05) is 48.4 Å². The van der Waals surface area contributed by atoms with Gasteiger partial charge in [0.15, 0.2) is 5.13 Å². The first kappa shape index (κ1) is 23.4. The molecule has 1 N–H and O–H groups in total. The number of hydrogen-bond donors (Lipinski definition) is 1. The molecule has 0 bridgehead atoms. The molecule has 3 rings (SSSR count). The van der Waals surface area contributed by atoms with Crippen molar-refractivity contribution in [3.63, 3.8) is 0 Å². The Morgan fingerprint density at radius 2 is 1.90 bits per heavy atom. The Hall–Kier alpha value is -2.29. The summed E-state index contributed by atoms with van der Waals surface area (Å²) in [5.41, 5.74) is 1.65. The number of carbonyl (C=O) groups excluding carboxylic acids is 2. The van der Waals surface area contributed by atoms with Gasteiger partial charge < -0.3 is 9.64 Å². The van der Waals surface area contributed by atoms with E-state index in [0.29, 0.717) is 29.9 Å². The van der Waals surface area contributed by atoms with Crippen molar-refractivity contribution in [1.82, 2.24) is 14.8 Å². The SMILES string of the molecule is CCN(CC)C(=O)CN(CC)[C@@H]1CCO[C@H](c2ccc(C(=O)Nc3nccs3)cc2)C1. The molecule has 2 atom stereocenters. The third-order valence-electron chi connectivity index (χ3n) is 5.83. The molecule has 7 nitrogen and oxygen atoms in total. The van der Waals surface area contributed by atoms with Crippen LogP contribution < -0.4 is 5.32 Å². The first-order chi connectivity index (χ1) is 15.0. The van der Waals surface area contributed by atoms with Crippen LogP contribution in [0.5, 0.6) is 0 Å². The van der Waals surface area contributed by atoms with Crippen LogP contribution >= 0.6 is 11.3 Å². The maximum absolute atomic E-state index is 12.6. The van der Waals surface area contributed by atoms with Gasteiger partial charge in [-0.15, -0.1) is 11.3 Å². The minimum absolute atomic E-state index is 0.0348. The second-order valence-electron chi connectivity index (χ2n) is 7.58. The van der Waals surface area contributed by atoms with Gasteiger partial charge in [-0.25, -0.2) is 4.98 Å². The summed E-state index contributed by atoms with van der Waals surface area (Å²) >= 11 is 1.39. The lowest BCUT2D eigenvalue weighted by atomic mass is 9.95. The second kappa shape index (κ2) is 11.4. The molecule has 2 amide bonds. The van der Waals surface area contributed by atoms with E-state index in [1.54, 1.807) is 6.20 Å². The quantitative estimate of drug-likeness (QED) is 0.637. The number of amides is 2. The van der Waals surface area contributed by atoms with Gasteiger partial charge in [-0.1, -0.05) is 19.1 Å². The third-order valence-corrected chi connectivity index (χ3v) is 6.52. The lowest BCUT2D eigenvalue weighted by Gasteiger charge is -2.37. The van der Waals surface area contributed by atoms with Gasteiger partial charge in [0.1, 0.15) is 0 Å². The number of rotatable bonds is 9. The molecular weight excluding hydrogens is 412 g/mol. The van der Waals surface area contributed by atoms with Crippen molar-refractivity contribution in [2.45, 2.75) is 45.8 Å². The maximum atomic E-state index is 12.6. The van der Waals surface area contributed by atoms with Crippen molar-refractivity contribution in [2.24, 2.45) is 0 Å². The summed E-state index contributed by atoms with van der Waals surface area (Å²) < 4.78 is 6.04. The van der Waals surface area contributed by atoms with Crippen LogP contribution in [0.2, 0.25) is 0 Å². The summed E-state index contributed by atoms with van der Waals surface area (Å²) in [5.74, 6) is 0.0153. The van der Waals surface area contributed by atoms with E-state index in [-0.39, 0.29) is 17.9 Å². The average molecular weight is 445 g/mol. The van der Waals surface area contributed by atoms with Gasteiger partial charge in [-0.2, -0.15) is 0 Å².